The third-order valence-corrected chi connectivity index (χ3v) is 4.88. The van der Waals surface area contributed by atoms with Crippen LogP contribution in [0.15, 0.2) is 16.6 Å². The summed E-state index contributed by atoms with van der Waals surface area (Å²) in [5, 5.41) is 0. The van der Waals surface area contributed by atoms with Crippen LogP contribution in [-0.4, -0.2) is 0 Å². The smallest absolute Gasteiger partial charge is 0.137 e. The van der Waals surface area contributed by atoms with Crippen molar-refractivity contribution in [3.63, 3.8) is 0 Å². The maximum absolute atomic E-state index is 13.0. The number of hydrogen-bond acceptors (Lipinski definition) is 0. The van der Waals surface area contributed by atoms with Gasteiger partial charge in [0.1, 0.15) is 5.82 Å². The largest absolute Gasteiger partial charge is 0.206 e. The molecular formula is C8H7BrClFS. The average Bonchev–Trinajstić information content (AvgIpc) is 2.39. The highest BCUT2D eigenvalue weighted by Crippen LogP contribution is 2.48. The molecule has 1 aliphatic rings. The topological polar surface area (TPSA) is 0 Å². The van der Waals surface area contributed by atoms with E-state index in [-0.39, 0.29) is 5.82 Å². The lowest BCUT2D eigenvalue weighted by Crippen LogP contribution is -1.87. The van der Waals surface area contributed by atoms with Crippen LogP contribution in [0, 0.1) is 5.82 Å². The van der Waals surface area contributed by atoms with E-state index in [0.29, 0.717) is 4.47 Å². The van der Waals surface area contributed by atoms with Gasteiger partial charge in [0.25, 0.3) is 0 Å². The van der Waals surface area contributed by atoms with Gasteiger partial charge in [-0.25, -0.2) is 4.39 Å². The number of benzene rings is 1. The molecule has 0 aromatic heterocycles. The highest BCUT2D eigenvalue weighted by molar-refractivity contribution is 9.10. The van der Waals surface area contributed by atoms with Crippen LogP contribution in [0.25, 0.3) is 0 Å². The molecule has 0 bridgehead atoms. The van der Waals surface area contributed by atoms with Gasteiger partial charge in [-0.05, 0) is 33.1 Å². The Bertz CT molecular complexity index is 329. The van der Waals surface area contributed by atoms with E-state index < -0.39 is 10.1 Å². The molecule has 1 atom stereocenters. The van der Waals surface area contributed by atoms with Crippen molar-refractivity contribution in [1.82, 2.24) is 0 Å². The van der Waals surface area contributed by atoms with Crippen molar-refractivity contribution in [3.05, 3.63) is 33.5 Å². The predicted octanol–water partition coefficient (Wildman–Crippen LogP) is 3.76. The number of halogens is 3. The van der Waals surface area contributed by atoms with E-state index in [4.69, 9.17) is 10.7 Å². The molecule has 66 valence electrons. The Morgan fingerprint density at radius 2 is 2.17 bits per heavy atom. The van der Waals surface area contributed by atoms with Crippen molar-refractivity contribution in [2.45, 2.75) is 11.5 Å². The van der Waals surface area contributed by atoms with Crippen LogP contribution < -0.4 is 0 Å². The van der Waals surface area contributed by atoms with Crippen molar-refractivity contribution in [3.8, 4) is 0 Å². The summed E-state index contributed by atoms with van der Waals surface area (Å²) >= 11 is 3.24. The summed E-state index contributed by atoms with van der Waals surface area (Å²) in [6.07, 6.45) is 0. The standard InChI is InChI=1S/C8H7BrClFS/c9-8-6-4-12(10)3-5(6)1-2-7(8)11/h1-2,12H,3-4H2. The normalized spacial score (nSPS) is 24.1. The molecule has 0 amide bonds. The van der Waals surface area contributed by atoms with Crippen LogP contribution in [0.1, 0.15) is 11.1 Å². The zero-order valence-corrected chi connectivity index (χ0v) is 9.39. The molecule has 0 nitrogen and oxygen atoms in total. The number of rotatable bonds is 0. The first kappa shape index (κ1) is 8.85. The molecular weight excluding hydrogens is 263 g/mol. The lowest BCUT2D eigenvalue weighted by Gasteiger charge is -2.01. The first-order valence-corrected chi connectivity index (χ1v) is 6.96. The Kier molecular flexibility index (Phi) is 2.36. The van der Waals surface area contributed by atoms with E-state index in [1.165, 1.54) is 11.6 Å². The molecule has 0 aliphatic carbocycles. The van der Waals surface area contributed by atoms with Crippen LogP contribution >= 0.6 is 36.7 Å². The van der Waals surface area contributed by atoms with E-state index in [9.17, 15) is 4.39 Å². The fourth-order valence-corrected chi connectivity index (χ4v) is 4.33. The molecule has 0 radical (unpaired) electrons. The summed E-state index contributed by atoms with van der Waals surface area (Å²) < 4.78 is 13.6. The van der Waals surface area contributed by atoms with Crippen LogP contribution in [0.5, 0.6) is 0 Å². The van der Waals surface area contributed by atoms with Crippen LogP contribution in [0.3, 0.4) is 0 Å². The van der Waals surface area contributed by atoms with Crippen molar-refractivity contribution >= 4 is 36.7 Å². The monoisotopic (exact) mass is 268 g/mol. The van der Waals surface area contributed by atoms with E-state index in [2.05, 4.69) is 15.9 Å². The van der Waals surface area contributed by atoms with E-state index in [1.54, 1.807) is 0 Å². The first-order valence-electron chi connectivity index (χ1n) is 3.55. The second-order valence-electron chi connectivity index (χ2n) is 2.78. The average molecular weight is 270 g/mol. The van der Waals surface area contributed by atoms with Gasteiger partial charge in [0.2, 0.25) is 0 Å². The Morgan fingerprint density at radius 3 is 2.92 bits per heavy atom. The first-order chi connectivity index (χ1) is 5.68. The van der Waals surface area contributed by atoms with Gasteiger partial charge in [0.05, 0.1) is 4.47 Å². The quantitative estimate of drug-likeness (QED) is 0.681. The molecule has 0 N–H and O–H groups in total. The van der Waals surface area contributed by atoms with Gasteiger partial charge in [-0.15, -0.1) is 0 Å². The fraction of sp³-hybridized carbons (Fsp3) is 0.250. The third kappa shape index (κ3) is 1.38. The van der Waals surface area contributed by atoms with Crippen molar-refractivity contribution < 1.29 is 4.39 Å². The predicted molar refractivity (Wildman–Crippen MR) is 56.3 cm³/mol. The summed E-state index contributed by atoms with van der Waals surface area (Å²) in [6, 6.07) is 3.33. The van der Waals surface area contributed by atoms with Crippen LogP contribution in [0.2, 0.25) is 0 Å². The van der Waals surface area contributed by atoms with Gasteiger partial charge in [0.15, 0.2) is 0 Å². The molecule has 1 unspecified atom stereocenters. The highest BCUT2D eigenvalue weighted by Gasteiger charge is 2.20. The van der Waals surface area contributed by atoms with Crippen LogP contribution in [-0.2, 0) is 11.5 Å². The number of thiol groups is 1. The minimum atomic E-state index is -0.445. The summed E-state index contributed by atoms with van der Waals surface area (Å²) in [4.78, 5) is 0. The molecule has 1 aliphatic heterocycles. The Morgan fingerprint density at radius 1 is 1.42 bits per heavy atom. The van der Waals surface area contributed by atoms with Crippen molar-refractivity contribution in [2.75, 3.05) is 0 Å². The summed E-state index contributed by atoms with van der Waals surface area (Å²) in [7, 11) is 5.58. The van der Waals surface area contributed by atoms with Gasteiger partial charge >= 0.3 is 0 Å². The molecule has 2 rings (SSSR count). The summed E-state index contributed by atoms with van der Waals surface area (Å²) in [6.45, 7) is 0. The highest BCUT2D eigenvalue weighted by atomic mass is 79.9. The van der Waals surface area contributed by atoms with Gasteiger partial charge in [-0.3, -0.25) is 0 Å². The summed E-state index contributed by atoms with van der Waals surface area (Å²) in [5.41, 5.74) is 2.26. The third-order valence-electron chi connectivity index (χ3n) is 1.96. The zero-order chi connectivity index (χ0) is 8.72. The second-order valence-corrected chi connectivity index (χ2v) is 6.56. The Labute approximate surface area is 86.1 Å². The molecule has 0 spiro atoms. The lowest BCUT2D eigenvalue weighted by atomic mass is 10.1. The van der Waals surface area contributed by atoms with Gasteiger partial charge in [-0.2, -0.15) is 10.1 Å². The minimum absolute atomic E-state index is 0.185. The summed E-state index contributed by atoms with van der Waals surface area (Å²) in [5.74, 6) is 1.58. The van der Waals surface area contributed by atoms with Crippen LogP contribution in [0.4, 0.5) is 4.39 Å². The fourth-order valence-electron chi connectivity index (χ4n) is 1.36. The second kappa shape index (κ2) is 3.20. The van der Waals surface area contributed by atoms with Gasteiger partial charge in [0, 0.05) is 11.5 Å². The lowest BCUT2D eigenvalue weighted by molar-refractivity contribution is 0.619. The van der Waals surface area contributed by atoms with E-state index in [0.717, 1.165) is 17.1 Å². The van der Waals surface area contributed by atoms with E-state index in [1.807, 2.05) is 6.07 Å². The van der Waals surface area contributed by atoms with Crippen molar-refractivity contribution in [1.29, 1.82) is 0 Å². The molecule has 0 saturated heterocycles. The number of fused-ring (bicyclic) bond motifs is 1. The molecule has 12 heavy (non-hydrogen) atoms. The number of hydrogen-bond donors (Lipinski definition) is 1. The zero-order valence-electron chi connectivity index (χ0n) is 6.15. The minimum Gasteiger partial charge on any atom is -0.206 e. The maximum Gasteiger partial charge on any atom is 0.137 e. The molecule has 1 aromatic rings. The SMILES string of the molecule is Fc1ccc2c(c1Br)C[SH](Cl)C2. The molecule has 1 heterocycles. The van der Waals surface area contributed by atoms with Gasteiger partial charge < -0.3 is 0 Å². The van der Waals surface area contributed by atoms with E-state index >= 15 is 0 Å². The molecule has 4 heteroatoms. The maximum atomic E-state index is 13.0. The van der Waals surface area contributed by atoms with Gasteiger partial charge in [-0.1, -0.05) is 16.7 Å². The Hall–Kier alpha value is 0.270. The Balaban J connectivity index is 2.54. The molecule has 0 saturated carbocycles. The molecule has 1 aromatic carbocycles. The molecule has 0 fully saturated rings. The van der Waals surface area contributed by atoms with Crippen molar-refractivity contribution in [2.24, 2.45) is 0 Å².